The molecular formula is C30H48N2O3. The lowest BCUT2D eigenvalue weighted by atomic mass is 9.44. The number of carbonyl (C=O) groups excluding carboxylic acids is 2. The molecule has 5 heteroatoms. The molecule has 0 bridgehead atoms. The molecule has 0 aliphatic heterocycles. The van der Waals surface area contributed by atoms with Gasteiger partial charge in [-0.3, -0.25) is 9.59 Å². The molecule has 4 aliphatic carbocycles. The van der Waals surface area contributed by atoms with Crippen molar-refractivity contribution in [1.29, 1.82) is 0 Å². The third-order valence-electron chi connectivity index (χ3n) is 11.2. The summed E-state index contributed by atoms with van der Waals surface area (Å²) < 4.78 is 5.97. The van der Waals surface area contributed by atoms with Crippen molar-refractivity contribution >= 4 is 11.9 Å². The van der Waals surface area contributed by atoms with E-state index in [1.54, 1.807) is 0 Å². The first-order valence-electron chi connectivity index (χ1n) is 13.9. The summed E-state index contributed by atoms with van der Waals surface area (Å²) >= 11 is 0. The van der Waals surface area contributed by atoms with Crippen molar-refractivity contribution in [3.05, 3.63) is 23.4 Å². The average molecular weight is 485 g/mol. The van der Waals surface area contributed by atoms with Crippen LogP contribution in [0.15, 0.2) is 23.4 Å². The Hall–Kier alpha value is -1.62. The fraction of sp³-hybridized carbons (Fsp3) is 0.800. The van der Waals surface area contributed by atoms with E-state index in [1.165, 1.54) is 39.0 Å². The van der Waals surface area contributed by atoms with Gasteiger partial charge in [0.25, 0.3) is 5.91 Å². The van der Waals surface area contributed by atoms with Crippen LogP contribution in [0.5, 0.6) is 0 Å². The topological polar surface area (TPSA) is 58.6 Å². The van der Waals surface area contributed by atoms with Gasteiger partial charge in [-0.15, -0.1) is 0 Å². The van der Waals surface area contributed by atoms with E-state index in [0.29, 0.717) is 22.9 Å². The number of hydrogen-bond acceptors (Lipinski definition) is 4. The van der Waals surface area contributed by atoms with Crippen molar-refractivity contribution in [3.8, 4) is 0 Å². The summed E-state index contributed by atoms with van der Waals surface area (Å²) in [6, 6.07) is 0.617. The van der Waals surface area contributed by atoms with Crippen molar-refractivity contribution < 1.29 is 14.3 Å². The summed E-state index contributed by atoms with van der Waals surface area (Å²) in [5.74, 6) is 2.84. The maximum Gasteiger partial charge on any atom is 0.303 e. The van der Waals surface area contributed by atoms with Crippen molar-refractivity contribution in [2.24, 2.45) is 40.4 Å². The van der Waals surface area contributed by atoms with Crippen molar-refractivity contribution in [3.63, 3.8) is 0 Å². The zero-order chi connectivity index (χ0) is 25.7. The zero-order valence-corrected chi connectivity index (χ0v) is 23.3. The number of fused-ring (bicyclic) bond motifs is 5. The van der Waals surface area contributed by atoms with Gasteiger partial charge < -0.3 is 15.0 Å². The van der Waals surface area contributed by atoms with Crippen LogP contribution in [-0.4, -0.2) is 43.0 Å². The summed E-state index contributed by atoms with van der Waals surface area (Å²) in [5, 5.41) is 3.09. The van der Waals surface area contributed by atoms with E-state index < -0.39 is 0 Å². The molecule has 9 atom stereocenters. The second-order valence-electron chi connectivity index (χ2n) is 12.8. The minimum absolute atomic E-state index is 0.0967. The van der Waals surface area contributed by atoms with Crippen molar-refractivity contribution in [2.75, 3.05) is 14.1 Å². The molecule has 3 fully saturated rings. The molecule has 5 nitrogen and oxygen atoms in total. The van der Waals surface area contributed by atoms with E-state index >= 15 is 0 Å². The van der Waals surface area contributed by atoms with Gasteiger partial charge in [-0.05, 0) is 114 Å². The fourth-order valence-corrected chi connectivity index (χ4v) is 8.95. The number of nitrogens with one attached hydrogen (secondary N) is 1. The lowest BCUT2D eigenvalue weighted by molar-refractivity contribution is -0.162. The highest BCUT2D eigenvalue weighted by molar-refractivity contribution is 5.94. The first-order valence-corrected chi connectivity index (χ1v) is 13.9. The van der Waals surface area contributed by atoms with Crippen molar-refractivity contribution in [2.45, 2.75) is 98.6 Å². The Morgan fingerprint density at radius 1 is 1.06 bits per heavy atom. The molecule has 4 aliphatic rings. The molecule has 1 amide bonds. The smallest absolute Gasteiger partial charge is 0.303 e. The highest BCUT2D eigenvalue weighted by atomic mass is 16.5. The van der Waals surface area contributed by atoms with Crippen LogP contribution in [0.4, 0.5) is 0 Å². The normalized spacial score (nSPS) is 41.9. The Morgan fingerprint density at radius 2 is 1.71 bits per heavy atom. The number of nitrogens with zero attached hydrogens (tertiary/aromatic N) is 1. The molecule has 35 heavy (non-hydrogen) atoms. The molecule has 0 aromatic carbocycles. The fourth-order valence-electron chi connectivity index (χ4n) is 8.95. The largest absolute Gasteiger partial charge is 0.456 e. The molecule has 0 saturated heterocycles. The Morgan fingerprint density at radius 3 is 2.34 bits per heavy atom. The van der Waals surface area contributed by atoms with Gasteiger partial charge in [0.1, 0.15) is 6.10 Å². The standard InChI is InChI=1S/C30H48N2O3/c1-9-18(2)28(34)31-26-15-17-30(6)24-14-16-29(5)22(19(3)32(7)8)12-13-23(29)21(24)10-11-25(30)27(26)35-20(4)33/h9,15,19,21-25,27H,10-14,16-17H2,1-8H3,(H,31,34)/b18-9+/t19-,21-,22+,23-,24-,25?,27+,29+,30+/m0/s1. The van der Waals surface area contributed by atoms with Crippen LogP contribution in [-0.2, 0) is 14.3 Å². The minimum atomic E-state index is -0.362. The second-order valence-corrected chi connectivity index (χ2v) is 12.8. The third-order valence-corrected chi connectivity index (χ3v) is 11.2. The monoisotopic (exact) mass is 484 g/mol. The van der Waals surface area contributed by atoms with E-state index in [1.807, 2.05) is 19.9 Å². The van der Waals surface area contributed by atoms with Gasteiger partial charge in [0.2, 0.25) is 0 Å². The van der Waals surface area contributed by atoms with Crippen LogP contribution >= 0.6 is 0 Å². The van der Waals surface area contributed by atoms with Crippen LogP contribution < -0.4 is 5.32 Å². The maximum absolute atomic E-state index is 12.7. The molecule has 3 saturated carbocycles. The van der Waals surface area contributed by atoms with Crippen LogP contribution in [0, 0.1) is 40.4 Å². The van der Waals surface area contributed by atoms with Crippen LogP contribution in [0.3, 0.4) is 0 Å². The Balaban J connectivity index is 1.61. The molecule has 1 N–H and O–H groups in total. The average Bonchev–Trinajstić information content (AvgIpc) is 3.16. The van der Waals surface area contributed by atoms with E-state index in [4.69, 9.17) is 4.74 Å². The summed E-state index contributed by atoms with van der Waals surface area (Å²) in [6.45, 7) is 12.7. The molecule has 0 heterocycles. The molecule has 0 aromatic heterocycles. The molecule has 4 rings (SSSR count). The number of ether oxygens (including phenoxy) is 1. The number of esters is 1. The predicted octanol–water partition coefficient (Wildman–Crippen LogP) is 5.71. The summed E-state index contributed by atoms with van der Waals surface area (Å²) in [7, 11) is 4.47. The molecule has 0 aromatic rings. The van der Waals surface area contributed by atoms with Gasteiger partial charge in [-0.25, -0.2) is 0 Å². The minimum Gasteiger partial charge on any atom is -0.456 e. The molecule has 0 radical (unpaired) electrons. The lowest BCUT2D eigenvalue weighted by Gasteiger charge is -2.61. The van der Waals surface area contributed by atoms with Crippen LogP contribution in [0.2, 0.25) is 0 Å². The number of rotatable bonds is 5. The Bertz CT molecular complexity index is 907. The number of amides is 1. The second kappa shape index (κ2) is 9.68. The lowest BCUT2D eigenvalue weighted by Crippen LogP contribution is -2.57. The summed E-state index contributed by atoms with van der Waals surface area (Å²) in [6.07, 6.45) is 12.1. The molecular weight excluding hydrogens is 436 g/mol. The number of hydrogen-bond donors (Lipinski definition) is 1. The highest BCUT2D eigenvalue weighted by Crippen LogP contribution is 2.67. The number of allylic oxidation sites excluding steroid dienone is 2. The number of carbonyl (C=O) groups is 2. The summed E-state index contributed by atoms with van der Waals surface area (Å²) in [4.78, 5) is 27.3. The first kappa shape index (κ1) is 26.4. The zero-order valence-electron chi connectivity index (χ0n) is 23.3. The Labute approximate surface area is 213 Å². The van der Waals surface area contributed by atoms with E-state index in [2.05, 4.69) is 51.2 Å². The molecule has 196 valence electrons. The highest BCUT2D eigenvalue weighted by Gasteiger charge is 2.62. The van der Waals surface area contributed by atoms with E-state index in [9.17, 15) is 9.59 Å². The Kier molecular flexibility index (Phi) is 7.32. The molecule has 1 unspecified atom stereocenters. The maximum atomic E-state index is 12.7. The van der Waals surface area contributed by atoms with Crippen LogP contribution in [0.25, 0.3) is 0 Å². The van der Waals surface area contributed by atoms with Gasteiger partial charge in [-0.1, -0.05) is 26.0 Å². The van der Waals surface area contributed by atoms with Crippen LogP contribution in [0.1, 0.15) is 86.5 Å². The quantitative estimate of drug-likeness (QED) is 0.401. The van der Waals surface area contributed by atoms with E-state index in [-0.39, 0.29) is 29.3 Å². The molecule has 0 spiro atoms. The predicted molar refractivity (Wildman–Crippen MR) is 140 cm³/mol. The van der Waals surface area contributed by atoms with Crippen molar-refractivity contribution in [1.82, 2.24) is 10.2 Å². The van der Waals surface area contributed by atoms with E-state index in [0.717, 1.165) is 36.3 Å². The van der Waals surface area contributed by atoms with Gasteiger partial charge in [0, 0.05) is 24.5 Å². The van der Waals surface area contributed by atoms with Gasteiger partial charge in [0.05, 0.1) is 5.70 Å². The van der Waals surface area contributed by atoms with Gasteiger partial charge in [-0.2, -0.15) is 0 Å². The summed E-state index contributed by atoms with van der Waals surface area (Å²) in [5.41, 5.74) is 1.99. The SMILES string of the molecule is C/C=C(\C)C(=O)NC1=CC[C@@]2(C)C(CC[C@H]3[C@@H]4CC[C@H]([C@H](C)N(C)C)[C@@]4(C)CC[C@@H]32)[C@H]1OC(C)=O. The van der Waals surface area contributed by atoms with Gasteiger partial charge in [0.15, 0.2) is 0 Å². The third kappa shape index (κ3) is 4.40. The van der Waals surface area contributed by atoms with Gasteiger partial charge >= 0.3 is 5.97 Å². The first-order chi connectivity index (χ1) is 16.4.